The highest BCUT2D eigenvalue weighted by molar-refractivity contribution is 7.99. The van der Waals surface area contributed by atoms with E-state index in [9.17, 15) is 13.6 Å². The molecule has 0 aliphatic carbocycles. The van der Waals surface area contributed by atoms with Crippen molar-refractivity contribution >= 4 is 23.4 Å². The molecule has 4 nitrogen and oxygen atoms in total. The van der Waals surface area contributed by atoms with E-state index >= 15 is 0 Å². The summed E-state index contributed by atoms with van der Waals surface area (Å²) in [6.45, 7) is 0. The van der Waals surface area contributed by atoms with Crippen LogP contribution in [0.15, 0.2) is 64.9 Å². The molecule has 0 unspecified atom stereocenters. The minimum absolute atomic E-state index is 0.451. The summed E-state index contributed by atoms with van der Waals surface area (Å²) in [5, 5.41) is 3.32. The molecule has 1 amide bonds. The van der Waals surface area contributed by atoms with Gasteiger partial charge in [-0.15, -0.1) is 0 Å². The third-order valence-electron chi connectivity index (χ3n) is 3.29. The van der Waals surface area contributed by atoms with Crippen molar-refractivity contribution in [1.82, 2.24) is 9.55 Å². The summed E-state index contributed by atoms with van der Waals surface area (Å²) in [6.07, 6.45) is 3.56. The molecule has 0 aliphatic rings. The summed E-state index contributed by atoms with van der Waals surface area (Å²) >= 11 is 1.47. The van der Waals surface area contributed by atoms with E-state index in [4.69, 9.17) is 0 Å². The van der Waals surface area contributed by atoms with Crippen molar-refractivity contribution in [2.45, 2.75) is 10.1 Å². The molecule has 0 fully saturated rings. The number of hydrogen-bond acceptors (Lipinski definition) is 3. The molecule has 122 valence electrons. The Bertz CT molecular complexity index is 858. The van der Waals surface area contributed by atoms with E-state index < -0.39 is 23.1 Å². The quantitative estimate of drug-likeness (QED) is 0.774. The van der Waals surface area contributed by atoms with Crippen LogP contribution in [0.1, 0.15) is 10.4 Å². The molecule has 0 saturated heterocycles. The lowest BCUT2D eigenvalue weighted by molar-refractivity contribution is 0.101. The van der Waals surface area contributed by atoms with Gasteiger partial charge in [0.05, 0.1) is 0 Å². The lowest BCUT2D eigenvalue weighted by Crippen LogP contribution is -2.15. The maximum Gasteiger partial charge on any atom is 0.261 e. The first kappa shape index (κ1) is 16.2. The summed E-state index contributed by atoms with van der Waals surface area (Å²) in [6, 6.07) is 10.2. The Hall–Kier alpha value is -2.67. The zero-order valence-corrected chi connectivity index (χ0v) is 13.5. The van der Waals surface area contributed by atoms with Crippen molar-refractivity contribution in [3.05, 3.63) is 72.1 Å². The number of carbonyl (C=O) groups is 1. The molecule has 2 aromatic carbocycles. The van der Waals surface area contributed by atoms with Crippen LogP contribution in [0.2, 0.25) is 0 Å². The van der Waals surface area contributed by atoms with Gasteiger partial charge in [-0.05, 0) is 36.4 Å². The number of imidazole rings is 1. The van der Waals surface area contributed by atoms with Crippen molar-refractivity contribution in [1.29, 1.82) is 0 Å². The first-order chi connectivity index (χ1) is 11.5. The molecular formula is C17H13F2N3OS. The first-order valence-corrected chi connectivity index (χ1v) is 7.87. The van der Waals surface area contributed by atoms with Crippen molar-refractivity contribution < 1.29 is 13.6 Å². The van der Waals surface area contributed by atoms with Crippen LogP contribution >= 0.6 is 11.8 Å². The van der Waals surface area contributed by atoms with Crippen LogP contribution in [0.25, 0.3) is 0 Å². The number of amides is 1. The second-order valence-electron chi connectivity index (χ2n) is 5.00. The van der Waals surface area contributed by atoms with Gasteiger partial charge in [-0.1, -0.05) is 17.8 Å². The third-order valence-corrected chi connectivity index (χ3v) is 4.37. The van der Waals surface area contributed by atoms with Crippen molar-refractivity contribution in [2.75, 3.05) is 5.32 Å². The highest BCUT2D eigenvalue weighted by Gasteiger charge is 2.17. The largest absolute Gasteiger partial charge is 0.329 e. The fraction of sp³-hybridized carbons (Fsp3) is 0.0588. The maximum atomic E-state index is 13.6. The van der Waals surface area contributed by atoms with E-state index in [1.165, 1.54) is 17.8 Å². The normalized spacial score (nSPS) is 10.6. The monoisotopic (exact) mass is 345 g/mol. The molecule has 0 spiro atoms. The van der Waals surface area contributed by atoms with Crippen molar-refractivity contribution in [2.24, 2.45) is 7.05 Å². The number of hydrogen-bond donors (Lipinski definition) is 1. The molecule has 24 heavy (non-hydrogen) atoms. The van der Waals surface area contributed by atoms with Crippen LogP contribution in [0.4, 0.5) is 14.5 Å². The summed E-state index contributed by atoms with van der Waals surface area (Å²) < 4.78 is 29.1. The average molecular weight is 345 g/mol. The molecule has 0 atom stereocenters. The van der Waals surface area contributed by atoms with Gasteiger partial charge in [0, 0.05) is 30.0 Å². The van der Waals surface area contributed by atoms with Crippen LogP contribution in [0, 0.1) is 11.6 Å². The topological polar surface area (TPSA) is 46.9 Å². The summed E-state index contributed by atoms with van der Waals surface area (Å²) in [5.74, 6) is -2.61. The van der Waals surface area contributed by atoms with Crippen LogP contribution in [0.5, 0.6) is 0 Å². The van der Waals surface area contributed by atoms with Crippen LogP contribution < -0.4 is 5.32 Å². The number of carbonyl (C=O) groups excluding carboxylic acids is 1. The first-order valence-electron chi connectivity index (χ1n) is 7.05. The Kier molecular flexibility index (Phi) is 4.61. The van der Waals surface area contributed by atoms with Crippen molar-refractivity contribution in [3.63, 3.8) is 0 Å². The Labute approximate surface area is 141 Å². The number of aryl methyl sites for hydroxylation is 1. The molecule has 0 radical (unpaired) electrons. The SMILES string of the molecule is Cn1ccnc1Sc1ccc(NC(=O)c2c(F)cccc2F)cc1. The molecular weight excluding hydrogens is 332 g/mol. The predicted molar refractivity (Wildman–Crippen MR) is 88.1 cm³/mol. The molecule has 1 N–H and O–H groups in total. The van der Waals surface area contributed by atoms with Gasteiger partial charge < -0.3 is 9.88 Å². The van der Waals surface area contributed by atoms with E-state index in [-0.39, 0.29) is 0 Å². The van der Waals surface area contributed by atoms with Gasteiger partial charge in [-0.25, -0.2) is 13.8 Å². The lowest BCUT2D eigenvalue weighted by atomic mass is 10.2. The highest BCUT2D eigenvalue weighted by atomic mass is 32.2. The molecule has 0 bridgehead atoms. The second-order valence-corrected chi connectivity index (χ2v) is 6.04. The zero-order chi connectivity index (χ0) is 17.1. The van der Waals surface area contributed by atoms with Gasteiger partial charge in [-0.3, -0.25) is 4.79 Å². The Balaban J connectivity index is 1.72. The van der Waals surface area contributed by atoms with E-state index in [0.29, 0.717) is 5.69 Å². The summed E-state index contributed by atoms with van der Waals surface area (Å²) in [7, 11) is 1.90. The fourth-order valence-electron chi connectivity index (χ4n) is 2.07. The van der Waals surface area contributed by atoms with E-state index in [2.05, 4.69) is 10.3 Å². The minimum Gasteiger partial charge on any atom is -0.329 e. The number of benzene rings is 2. The number of halogens is 2. The minimum atomic E-state index is -0.894. The Morgan fingerprint density at radius 3 is 2.38 bits per heavy atom. The van der Waals surface area contributed by atoms with Gasteiger partial charge in [0.15, 0.2) is 5.16 Å². The molecule has 0 saturated carbocycles. The third kappa shape index (κ3) is 3.46. The van der Waals surface area contributed by atoms with E-state index in [0.717, 1.165) is 22.2 Å². The summed E-state index contributed by atoms with van der Waals surface area (Å²) in [4.78, 5) is 17.2. The fourth-order valence-corrected chi connectivity index (χ4v) is 2.87. The van der Waals surface area contributed by atoms with Crippen LogP contribution in [0.3, 0.4) is 0 Å². The van der Waals surface area contributed by atoms with Crippen molar-refractivity contribution in [3.8, 4) is 0 Å². The lowest BCUT2D eigenvalue weighted by Gasteiger charge is -2.08. The van der Waals surface area contributed by atoms with E-state index in [1.807, 2.05) is 17.8 Å². The van der Waals surface area contributed by atoms with Crippen LogP contribution in [-0.2, 0) is 7.05 Å². The molecule has 1 aromatic heterocycles. The van der Waals surface area contributed by atoms with Gasteiger partial charge in [0.1, 0.15) is 17.2 Å². The molecule has 7 heteroatoms. The average Bonchev–Trinajstić information content (AvgIpc) is 2.94. The standard InChI is InChI=1S/C17H13F2N3OS/c1-22-10-9-20-17(22)24-12-7-5-11(6-8-12)21-16(23)15-13(18)3-2-4-14(15)19/h2-10H,1H3,(H,21,23). The smallest absolute Gasteiger partial charge is 0.261 e. The van der Waals surface area contributed by atoms with E-state index in [1.54, 1.807) is 30.5 Å². The number of anilines is 1. The highest BCUT2D eigenvalue weighted by Crippen LogP contribution is 2.27. The summed E-state index contributed by atoms with van der Waals surface area (Å²) in [5.41, 5.74) is -0.143. The van der Waals surface area contributed by atoms with Gasteiger partial charge in [-0.2, -0.15) is 0 Å². The number of nitrogens with one attached hydrogen (secondary N) is 1. The van der Waals surface area contributed by atoms with Crippen LogP contribution in [-0.4, -0.2) is 15.5 Å². The second kappa shape index (κ2) is 6.84. The Morgan fingerprint density at radius 2 is 1.79 bits per heavy atom. The zero-order valence-electron chi connectivity index (χ0n) is 12.7. The van der Waals surface area contributed by atoms with Gasteiger partial charge in [0.2, 0.25) is 0 Å². The number of nitrogens with zero attached hydrogens (tertiary/aromatic N) is 2. The molecule has 0 aliphatic heterocycles. The molecule has 3 rings (SSSR count). The number of rotatable bonds is 4. The van der Waals surface area contributed by atoms with Gasteiger partial charge >= 0.3 is 0 Å². The number of aromatic nitrogens is 2. The maximum absolute atomic E-state index is 13.6. The predicted octanol–water partition coefficient (Wildman–Crippen LogP) is 4.10. The molecule has 1 heterocycles. The Morgan fingerprint density at radius 1 is 1.12 bits per heavy atom. The van der Waals surface area contributed by atoms with Gasteiger partial charge in [0.25, 0.3) is 5.91 Å². The molecule has 3 aromatic rings.